The molecule has 2 fully saturated rings. The van der Waals surface area contributed by atoms with E-state index in [0.717, 1.165) is 37.6 Å². The zero-order chi connectivity index (χ0) is 32.2. The molecule has 3 heterocycles. The molecule has 8 rings (SSSR count). The van der Waals surface area contributed by atoms with Gasteiger partial charge in [0.25, 0.3) is 0 Å². The van der Waals surface area contributed by atoms with E-state index in [4.69, 9.17) is 11.6 Å². The van der Waals surface area contributed by atoms with Crippen LogP contribution in [0.5, 0.6) is 0 Å². The largest absolute Gasteiger partial charge is 0.340 e. The first-order valence-electron chi connectivity index (χ1n) is 17.1. The summed E-state index contributed by atoms with van der Waals surface area (Å²) in [6.45, 7) is 9.25. The van der Waals surface area contributed by atoms with Crippen LogP contribution in [0.1, 0.15) is 41.5 Å². The number of anilines is 2. The molecule has 0 saturated carbocycles. The van der Waals surface area contributed by atoms with Crippen LogP contribution in [0.25, 0.3) is 17.7 Å². The summed E-state index contributed by atoms with van der Waals surface area (Å²) in [4.78, 5) is 12.5. The van der Waals surface area contributed by atoms with Crippen LogP contribution in [0.3, 0.4) is 0 Å². The summed E-state index contributed by atoms with van der Waals surface area (Å²) >= 11 is 8.13. The lowest BCUT2D eigenvalue weighted by Crippen LogP contribution is -2.45. The molecule has 6 heteroatoms. The minimum absolute atomic E-state index is 0.808. The number of fused-ring (bicyclic) bond motifs is 4. The first-order chi connectivity index (χ1) is 23.0. The third-order valence-corrected chi connectivity index (χ3v) is 11.3. The second-order valence-corrected chi connectivity index (χ2v) is 14.6. The molecule has 0 radical (unpaired) electrons. The summed E-state index contributed by atoms with van der Waals surface area (Å²) in [5.41, 5.74) is 11.1. The topological polar surface area (TPSA) is 13.0 Å². The van der Waals surface area contributed by atoms with Crippen LogP contribution >= 0.6 is 23.4 Å². The number of halogens is 1. The molecule has 242 valence electrons. The third-order valence-electron chi connectivity index (χ3n) is 9.89. The zero-order valence-electron chi connectivity index (χ0n) is 27.7. The number of piperazine rings is 1. The molecule has 47 heavy (non-hydrogen) atoms. The fourth-order valence-corrected chi connectivity index (χ4v) is 8.39. The Morgan fingerprint density at radius 1 is 0.617 bits per heavy atom. The maximum Gasteiger partial charge on any atom is 0.0567 e. The zero-order valence-corrected chi connectivity index (χ0v) is 29.2. The predicted octanol–water partition coefficient (Wildman–Crippen LogP) is 9.28. The van der Waals surface area contributed by atoms with Crippen molar-refractivity contribution in [1.82, 2.24) is 14.7 Å². The first-order valence-corrected chi connectivity index (χ1v) is 18.3. The third kappa shape index (κ3) is 7.40. The molecule has 0 N–H and O–H groups in total. The molecule has 4 nitrogen and oxygen atoms in total. The van der Waals surface area contributed by atoms with Crippen molar-refractivity contribution < 1.29 is 0 Å². The van der Waals surface area contributed by atoms with Crippen LogP contribution in [-0.2, 0) is 0 Å². The van der Waals surface area contributed by atoms with Crippen molar-refractivity contribution in [2.24, 2.45) is 0 Å². The van der Waals surface area contributed by atoms with Gasteiger partial charge in [0.1, 0.15) is 0 Å². The molecule has 0 atom stereocenters. The number of benzene rings is 4. The van der Waals surface area contributed by atoms with E-state index in [9.17, 15) is 0 Å². The van der Waals surface area contributed by atoms with Gasteiger partial charge in [-0.3, -0.25) is 0 Å². The molecule has 0 amide bonds. The van der Waals surface area contributed by atoms with Gasteiger partial charge in [-0.15, -0.1) is 0 Å². The van der Waals surface area contributed by atoms with Gasteiger partial charge < -0.3 is 19.6 Å². The van der Waals surface area contributed by atoms with Gasteiger partial charge in [0.15, 0.2) is 0 Å². The monoisotopic (exact) mass is 660 g/mol. The molecule has 0 bridgehead atoms. The van der Waals surface area contributed by atoms with E-state index < -0.39 is 0 Å². The average molecular weight is 661 g/mol. The fraction of sp³-hybridized carbons (Fsp3) is 0.317. The maximum absolute atomic E-state index is 6.29. The van der Waals surface area contributed by atoms with Gasteiger partial charge >= 0.3 is 0 Å². The highest BCUT2D eigenvalue weighted by Gasteiger charge is 2.24. The van der Waals surface area contributed by atoms with Gasteiger partial charge in [-0.25, -0.2) is 0 Å². The number of hydrogen-bond acceptors (Lipinski definition) is 5. The van der Waals surface area contributed by atoms with E-state index in [1.165, 1.54) is 88.0 Å². The van der Waals surface area contributed by atoms with Crippen LogP contribution in [0.2, 0.25) is 5.02 Å². The lowest BCUT2D eigenvalue weighted by Gasteiger charge is -2.35. The molecule has 4 aromatic rings. The Morgan fingerprint density at radius 2 is 1.21 bits per heavy atom. The minimum atomic E-state index is 0.808. The molecule has 2 saturated heterocycles. The average Bonchev–Trinajstić information content (AvgIpc) is 3.27. The van der Waals surface area contributed by atoms with E-state index in [-0.39, 0.29) is 0 Å². The lowest BCUT2D eigenvalue weighted by atomic mass is 9.86. The molecule has 0 unspecified atom stereocenters. The van der Waals surface area contributed by atoms with Crippen LogP contribution in [-0.4, -0.2) is 81.2 Å². The van der Waals surface area contributed by atoms with Crippen molar-refractivity contribution in [2.75, 3.05) is 71.4 Å². The molecule has 3 aliphatic heterocycles. The summed E-state index contributed by atoms with van der Waals surface area (Å²) in [5.74, 6) is 0. The molecule has 1 aliphatic carbocycles. The van der Waals surface area contributed by atoms with Crippen LogP contribution in [0.4, 0.5) is 11.4 Å². The number of para-hydroxylation sites is 1. The van der Waals surface area contributed by atoms with Crippen molar-refractivity contribution in [2.45, 2.75) is 29.1 Å². The number of nitrogens with zero attached hydrogens (tertiary/aromatic N) is 4. The van der Waals surface area contributed by atoms with Crippen molar-refractivity contribution in [3.05, 3.63) is 124 Å². The lowest BCUT2D eigenvalue weighted by molar-refractivity contribution is 0.153. The van der Waals surface area contributed by atoms with E-state index in [0.29, 0.717) is 0 Å². The number of likely N-dealkylation sites (N-methyl/N-ethyl adjacent to an activating group) is 1. The molecule has 4 aliphatic rings. The first kappa shape index (κ1) is 32.2. The van der Waals surface area contributed by atoms with Crippen molar-refractivity contribution in [3.63, 3.8) is 0 Å². The van der Waals surface area contributed by atoms with Crippen LogP contribution in [0, 0.1) is 0 Å². The highest BCUT2D eigenvalue weighted by molar-refractivity contribution is 7.99. The Morgan fingerprint density at radius 3 is 1.91 bits per heavy atom. The van der Waals surface area contributed by atoms with E-state index in [1.54, 1.807) is 5.57 Å². The van der Waals surface area contributed by atoms with Gasteiger partial charge in [-0.05, 0) is 98.1 Å². The quantitative estimate of drug-likeness (QED) is 0.190. The molecular formula is C41H45ClN4S. The second-order valence-electron chi connectivity index (χ2n) is 13.1. The maximum atomic E-state index is 6.29. The highest BCUT2D eigenvalue weighted by Crippen LogP contribution is 2.48. The van der Waals surface area contributed by atoms with Crippen LogP contribution < -0.4 is 4.90 Å². The Labute approximate surface area is 290 Å². The van der Waals surface area contributed by atoms with E-state index in [2.05, 4.69) is 131 Å². The SMILES string of the molecule is CN1CCC(=C2c3ccccc3C=Cc3ccccc32)CC1.CN1CCN(CCCN2c3ccccc3Sc3ccc(Cl)cc32)CC1. The molecule has 0 aromatic heterocycles. The smallest absolute Gasteiger partial charge is 0.0567 e. The van der Waals surface area contributed by atoms with Gasteiger partial charge in [0.05, 0.1) is 11.4 Å². The summed E-state index contributed by atoms with van der Waals surface area (Å²) in [6, 6.07) is 32.5. The fourth-order valence-electron chi connectivity index (χ4n) is 7.15. The molecule has 4 aromatic carbocycles. The Hall–Kier alpha value is -3.32. The predicted molar refractivity (Wildman–Crippen MR) is 202 cm³/mol. The minimum Gasteiger partial charge on any atom is -0.340 e. The highest BCUT2D eigenvalue weighted by atomic mass is 35.5. The molecule has 0 spiro atoms. The van der Waals surface area contributed by atoms with Crippen molar-refractivity contribution in [3.8, 4) is 0 Å². The molecular weight excluding hydrogens is 616 g/mol. The van der Waals surface area contributed by atoms with Crippen LogP contribution in [0.15, 0.2) is 106 Å². The Kier molecular flexibility index (Phi) is 10.2. The van der Waals surface area contributed by atoms with E-state index in [1.807, 2.05) is 17.8 Å². The van der Waals surface area contributed by atoms with Gasteiger partial charge in [-0.1, -0.05) is 102 Å². The summed E-state index contributed by atoms with van der Waals surface area (Å²) in [6.07, 6.45) is 8.03. The van der Waals surface area contributed by atoms with Gasteiger partial charge in [-0.2, -0.15) is 0 Å². The standard InChI is InChI=1S/C21H21N.C20H24ClN3S/c1-22-14-12-18(13-15-22)21-19-8-4-2-6-16(19)10-11-17-7-3-5-9-20(17)21;1-22-11-13-23(14-12-22)9-4-10-24-17-5-2-3-6-19(17)25-20-8-7-16(21)15-18(20)24/h2-11H,12-15H2,1H3;2-3,5-8,15H,4,9-14H2,1H3. The van der Waals surface area contributed by atoms with Gasteiger partial charge in [0.2, 0.25) is 0 Å². The summed E-state index contributed by atoms with van der Waals surface area (Å²) in [7, 11) is 4.43. The Balaban J connectivity index is 0.000000151. The number of rotatable bonds is 4. The normalized spacial score (nSPS) is 18.0. The second kappa shape index (κ2) is 14.8. The van der Waals surface area contributed by atoms with Gasteiger partial charge in [0, 0.05) is 60.6 Å². The van der Waals surface area contributed by atoms with E-state index >= 15 is 0 Å². The Bertz CT molecular complexity index is 1710. The van der Waals surface area contributed by atoms with Crippen molar-refractivity contribution >= 4 is 52.5 Å². The number of piperidine rings is 1. The number of likely N-dealkylation sites (tertiary alicyclic amines) is 1. The summed E-state index contributed by atoms with van der Waals surface area (Å²) < 4.78 is 0. The number of hydrogen-bond donors (Lipinski definition) is 0. The summed E-state index contributed by atoms with van der Waals surface area (Å²) in [5, 5.41) is 0.808. The van der Waals surface area contributed by atoms with Crippen molar-refractivity contribution in [1.29, 1.82) is 0 Å².